The predicted molar refractivity (Wildman–Crippen MR) is 101 cm³/mol. The van der Waals surface area contributed by atoms with Crippen LogP contribution >= 0.6 is 0 Å². The molecule has 2 aliphatic heterocycles. The van der Waals surface area contributed by atoms with Gasteiger partial charge in [0.2, 0.25) is 0 Å². The summed E-state index contributed by atoms with van der Waals surface area (Å²) in [5, 5.41) is 0. The summed E-state index contributed by atoms with van der Waals surface area (Å²) in [5.41, 5.74) is 0. The van der Waals surface area contributed by atoms with E-state index in [4.69, 9.17) is 0 Å². The van der Waals surface area contributed by atoms with Gasteiger partial charge in [0.1, 0.15) is 0 Å². The lowest BCUT2D eigenvalue weighted by atomic mass is 10.0. The smallest absolute Gasteiger partial charge is 0.0121 e. The molecular weight excluding hydrogens is 270 g/mol. The molecule has 3 heteroatoms. The molecule has 0 aromatic rings. The van der Waals surface area contributed by atoms with E-state index in [0.29, 0.717) is 0 Å². The lowest BCUT2D eigenvalue weighted by molar-refractivity contribution is 0.0616. The molecule has 0 aromatic heterocycles. The summed E-state index contributed by atoms with van der Waals surface area (Å²) in [7, 11) is 2.25. The van der Waals surface area contributed by atoms with Crippen LogP contribution in [-0.4, -0.2) is 73.1 Å². The van der Waals surface area contributed by atoms with E-state index in [-0.39, 0.29) is 0 Å². The number of hydrogen-bond donors (Lipinski definition) is 0. The number of likely N-dealkylation sites (tertiary alicyclic amines) is 1. The van der Waals surface area contributed by atoms with Crippen molar-refractivity contribution in [3.05, 3.63) is 0 Å². The van der Waals surface area contributed by atoms with Gasteiger partial charge in [0, 0.05) is 38.3 Å². The molecule has 3 aliphatic rings. The van der Waals surface area contributed by atoms with Gasteiger partial charge in [-0.3, -0.25) is 9.80 Å². The summed E-state index contributed by atoms with van der Waals surface area (Å²) in [4.78, 5) is 7.94. The molecule has 1 saturated carbocycles. The topological polar surface area (TPSA) is 9.72 Å². The lowest BCUT2D eigenvalue weighted by Crippen LogP contribution is -2.53. The normalized spacial score (nSPS) is 24.1. The second kappa shape index (κ2) is 13.3. The summed E-state index contributed by atoms with van der Waals surface area (Å²) in [5.74, 6) is 0. The van der Waals surface area contributed by atoms with E-state index in [1.807, 2.05) is 41.5 Å². The van der Waals surface area contributed by atoms with Gasteiger partial charge < -0.3 is 4.90 Å². The number of rotatable bonds is 2. The van der Waals surface area contributed by atoms with Gasteiger partial charge >= 0.3 is 0 Å². The van der Waals surface area contributed by atoms with Crippen LogP contribution in [-0.2, 0) is 0 Å². The summed E-state index contributed by atoms with van der Waals surface area (Å²) in [6, 6.07) is 1.86. The minimum absolute atomic E-state index is 0.887. The van der Waals surface area contributed by atoms with Gasteiger partial charge in [-0.2, -0.15) is 0 Å². The van der Waals surface area contributed by atoms with Crippen molar-refractivity contribution in [2.24, 2.45) is 0 Å². The fourth-order valence-corrected chi connectivity index (χ4v) is 3.27. The van der Waals surface area contributed by atoms with Crippen LogP contribution in [0.5, 0.6) is 0 Å². The van der Waals surface area contributed by atoms with E-state index >= 15 is 0 Å². The Morgan fingerprint density at radius 2 is 0.818 bits per heavy atom. The highest BCUT2D eigenvalue weighted by Crippen LogP contribution is 2.28. The Morgan fingerprint density at radius 3 is 1.14 bits per heavy atom. The fraction of sp³-hybridized carbons (Fsp3) is 1.00. The van der Waals surface area contributed by atoms with Crippen LogP contribution in [0.2, 0.25) is 0 Å². The standard InChI is InChI=1S/C13H25N3.3C2H6/c1-14-6-4-13(5-7-14)16-10-8-15(9-11-16)12-2-3-12;3*1-2/h12-13H,2-11H2,1H3;3*1-2H3. The average molecular weight is 314 g/mol. The molecule has 0 radical (unpaired) electrons. The third-order valence-electron chi connectivity index (χ3n) is 4.62. The van der Waals surface area contributed by atoms with Gasteiger partial charge in [0.05, 0.1) is 0 Å². The summed E-state index contributed by atoms with van der Waals surface area (Å²) < 4.78 is 0. The van der Waals surface area contributed by atoms with Crippen molar-refractivity contribution < 1.29 is 0 Å². The van der Waals surface area contributed by atoms with Crippen molar-refractivity contribution >= 4 is 0 Å². The van der Waals surface area contributed by atoms with Gasteiger partial charge in [0.25, 0.3) is 0 Å². The molecule has 2 heterocycles. The minimum Gasteiger partial charge on any atom is -0.306 e. The Bertz CT molecular complexity index is 225. The summed E-state index contributed by atoms with van der Waals surface area (Å²) in [6.45, 7) is 19.9. The van der Waals surface area contributed by atoms with E-state index in [0.717, 1.165) is 12.1 Å². The second-order valence-electron chi connectivity index (χ2n) is 5.84. The van der Waals surface area contributed by atoms with Crippen molar-refractivity contribution in [2.75, 3.05) is 46.3 Å². The first-order valence-corrected chi connectivity index (χ1v) is 9.99. The number of piperazine rings is 1. The first kappa shape index (κ1) is 21.9. The van der Waals surface area contributed by atoms with Crippen LogP contribution in [0.3, 0.4) is 0 Å². The van der Waals surface area contributed by atoms with E-state index in [1.165, 1.54) is 65.0 Å². The maximum Gasteiger partial charge on any atom is 0.0121 e. The van der Waals surface area contributed by atoms with Crippen LogP contribution in [0.15, 0.2) is 0 Å². The highest BCUT2D eigenvalue weighted by Gasteiger charge is 2.33. The fourth-order valence-electron chi connectivity index (χ4n) is 3.27. The molecule has 0 N–H and O–H groups in total. The third-order valence-corrected chi connectivity index (χ3v) is 4.62. The second-order valence-corrected chi connectivity index (χ2v) is 5.84. The van der Waals surface area contributed by atoms with Gasteiger partial charge in [-0.15, -0.1) is 0 Å². The van der Waals surface area contributed by atoms with Crippen LogP contribution in [0.1, 0.15) is 67.2 Å². The first-order valence-electron chi connectivity index (χ1n) is 9.99. The minimum atomic E-state index is 0.887. The molecule has 0 bridgehead atoms. The van der Waals surface area contributed by atoms with Crippen LogP contribution in [0.25, 0.3) is 0 Å². The van der Waals surface area contributed by atoms with Crippen LogP contribution < -0.4 is 0 Å². The quantitative estimate of drug-likeness (QED) is 0.764. The Morgan fingerprint density at radius 1 is 0.500 bits per heavy atom. The molecular formula is C19H43N3. The predicted octanol–water partition coefficient (Wildman–Crippen LogP) is 3.94. The Kier molecular flexibility index (Phi) is 13.3. The van der Waals surface area contributed by atoms with E-state index in [9.17, 15) is 0 Å². The Hall–Kier alpha value is -0.120. The first-order chi connectivity index (χ1) is 10.8. The van der Waals surface area contributed by atoms with Gasteiger partial charge in [-0.25, -0.2) is 0 Å². The molecule has 0 amide bonds. The molecule has 134 valence electrons. The van der Waals surface area contributed by atoms with Crippen molar-refractivity contribution in [1.82, 2.24) is 14.7 Å². The van der Waals surface area contributed by atoms with Crippen molar-refractivity contribution in [3.8, 4) is 0 Å². The Labute approximate surface area is 141 Å². The van der Waals surface area contributed by atoms with Gasteiger partial charge in [0.15, 0.2) is 0 Å². The molecule has 22 heavy (non-hydrogen) atoms. The monoisotopic (exact) mass is 313 g/mol. The van der Waals surface area contributed by atoms with E-state index in [1.54, 1.807) is 0 Å². The molecule has 0 atom stereocenters. The maximum absolute atomic E-state index is 2.76. The molecule has 0 spiro atoms. The molecule has 3 nitrogen and oxygen atoms in total. The zero-order valence-electron chi connectivity index (χ0n) is 16.6. The highest BCUT2D eigenvalue weighted by molar-refractivity contribution is 4.89. The van der Waals surface area contributed by atoms with Crippen molar-refractivity contribution in [3.63, 3.8) is 0 Å². The number of piperidine rings is 1. The Balaban J connectivity index is 0.000000661. The lowest BCUT2D eigenvalue weighted by Gasteiger charge is -2.42. The van der Waals surface area contributed by atoms with Crippen LogP contribution in [0, 0.1) is 0 Å². The number of nitrogens with zero attached hydrogens (tertiary/aromatic N) is 3. The molecule has 1 aliphatic carbocycles. The van der Waals surface area contributed by atoms with Crippen molar-refractivity contribution in [1.29, 1.82) is 0 Å². The van der Waals surface area contributed by atoms with Gasteiger partial charge in [-0.1, -0.05) is 41.5 Å². The molecule has 3 rings (SSSR count). The largest absolute Gasteiger partial charge is 0.306 e. The van der Waals surface area contributed by atoms with Crippen molar-refractivity contribution in [2.45, 2.75) is 79.3 Å². The maximum atomic E-state index is 2.76. The zero-order valence-corrected chi connectivity index (χ0v) is 16.6. The van der Waals surface area contributed by atoms with Gasteiger partial charge in [-0.05, 0) is 45.8 Å². The highest BCUT2D eigenvalue weighted by atomic mass is 15.3. The SMILES string of the molecule is CC.CC.CC.CN1CCC(N2CCN(C3CC3)CC2)CC1. The molecule has 0 unspecified atom stereocenters. The molecule has 2 saturated heterocycles. The van der Waals surface area contributed by atoms with E-state index in [2.05, 4.69) is 21.7 Å². The summed E-state index contributed by atoms with van der Waals surface area (Å²) >= 11 is 0. The molecule has 3 fully saturated rings. The summed E-state index contributed by atoms with van der Waals surface area (Å²) in [6.07, 6.45) is 5.71. The number of hydrogen-bond acceptors (Lipinski definition) is 3. The third kappa shape index (κ3) is 7.43. The molecule has 0 aromatic carbocycles. The van der Waals surface area contributed by atoms with Crippen LogP contribution in [0.4, 0.5) is 0 Å². The average Bonchev–Trinajstić information content (AvgIpc) is 3.46. The zero-order chi connectivity index (χ0) is 17.0. The van der Waals surface area contributed by atoms with E-state index < -0.39 is 0 Å².